The lowest BCUT2D eigenvalue weighted by molar-refractivity contribution is -0.161. The van der Waals surface area contributed by atoms with Crippen LogP contribution in [0, 0.1) is 5.92 Å². The van der Waals surface area contributed by atoms with Gasteiger partial charge in [0.2, 0.25) is 0 Å². The molecule has 1 aliphatic heterocycles. The Morgan fingerprint density at radius 2 is 1.41 bits per heavy atom. The summed E-state index contributed by atoms with van der Waals surface area (Å²) >= 11 is 0. The summed E-state index contributed by atoms with van der Waals surface area (Å²) in [6, 6.07) is 1.23. The minimum absolute atomic E-state index is 0.0742. The minimum Gasteiger partial charge on any atom is -0.462 e. The number of carbonyl (C=O) groups is 2. The fourth-order valence-corrected chi connectivity index (χ4v) is 9.36. The number of allylic oxidation sites excluding steroid dienone is 5. The van der Waals surface area contributed by atoms with E-state index < -0.39 is 95.9 Å². The van der Waals surface area contributed by atoms with Crippen LogP contribution >= 0.6 is 15.6 Å². The lowest BCUT2D eigenvalue weighted by Crippen LogP contribution is -2.36. The van der Waals surface area contributed by atoms with E-state index in [0.717, 1.165) is 61.6 Å². The molecule has 1 saturated heterocycles. The molecule has 0 aromatic carbocycles. The van der Waals surface area contributed by atoms with Crippen LogP contribution < -0.4 is 11.4 Å². The third-order valence-corrected chi connectivity index (χ3v) is 14.2. The second-order valence-electron chi connectivity index (χ2n) is 18.0. The van der Waals surface area contributed by atoms with Crippen LogP contribution in [0.5, 0.6) is 0 Å². The molecule has 0 radical (unpaired) electrons. The van der Waals surface area contributed by atoms with Gasteiger partial charge in [-0.25, -0.2) is 13.9 Å². The van der Waals surface area contributed by atoms with Crippen LogP contribution in [0.25, 0.3) is 0 Å². The molecule has 406 valence electrons. The van der Waals surface area contributed by atoms with Gasteiger partial charge in [0.1, 0.15) is 30.7 Å². The van der Waals surface area contributed by atoms with Gasteiger partial charge in [0.05, 0.1) is 25.4 Å². The molecule has 0 aliphatic carbocycles. The number of rotatable bonds is 40. The maximum absolute atomic E-state index is 12.9. The number of nitrogens with zero attached hydrogens (tertiary/aromatic N) is 2. The van der Waals surface area contributed by atoms with E-state index in [1.165, 1.54) is 63.5 Å². The number of phosphoric acid groups is 2. The number of aliphatic hydroxyl groups excluding tert-OH is 4. The first-order chi connectivity index (χ1) is 33.9. The molecule has 8 N–H and O–H groups in total. The molecule has 0 bridgehead atoms. The van der Waals surface area contributed by atoms with Gasteiger partial charge >= 0.3 is 33.3 Å². The van der Waals surface area contributed by atoms with Gasteiger partial charge < -0.3 is 50.2 Å². The Labute approximate surface area is 419 Å². The second-order valence-corrected chi connectivity index (χ2v) is 21.0. The average molecular weight is 1050 g/mol. The largest absolute Gasteiger partial charge is 0.481 e. The number of esters is 2. The van der Waals surface area contributed by atoms with E-state index in [9.17, 15) is 53.7 Å². The van der Waals surface area contributed by atoms with Crippen LogP contribution in [0.3, 0.4) is 0 Å². The number of nitrogens with two attached hydrogens (primary N) is 1. The Kier molecular flexibility index (Phi) is 32.8. The van der Waals surface area contributed by atoms with Crippen molar-refractivity contribution in [3.8, 4) is 0 Å². The van der Waals surface area contributed by atoms with Gasteiger partial charge in [-0.3, -0.25) is 23.2 Å². The lowest BCUT2D eigenvalue weighted by Gasteiger charge is -2.21. The predicted octanol–water partition coefficient (Wildman–Crippen LogP) is 7.96. The van der Waals surface area contributed by atoms with Gasteiger partial charge in [0.15, 0.2) is 12.3 Å². The van der Waals surface area contributed by atoms with Gasteiger partial charge in [-0.15, -0.1) is 0 Å². The quantitative estimate of drug-likeness (QED) is 0.0108. The van der Waals surface area contributed by atoms with Crippen LogP contribution in [-0.4, -0.2) is 108 Å². The molecule has 22 heteroatoms. The smallest absolute Gasteiger partial charge is 0.462 e. The first kappa shape index (κ1) is 63.8. The molecular weight excluding hydrogens is 964 g/mol. The molecule has 20 nitrogen and oxygen atoms in total. The molecule has 10 atom stereocenters. The molecule has 2 heterocycles. The number of hydrogen-bond acceptors (Lipinski definition) is 17. The van der Waals surface area contributed by atoms with Crippen LogP contribution in [0.15, 0.2) is 65.7 Å². The van der Waals surface area contributed by atoms with E-state index in [-0.39, 0.29) is 31.5 Å². The number of nitrogen functional groups attached to an aromatic ring is 1. The highest BCUT2D eigenvalue weighted by molar-refractivity contribution is 7.61. The Balaban J connectivity index is 1.88. The third kappa shape index (κ3) is 29.8. The normalized spacial score (nSPS) is 20.9. The summed E-state index contributed by atoms with van der Waals surface area (Å²) in [4.78, 5) is 61.9. The molecule has 3 unspecified atom stereocenters. The molecule has 0 saturated carbocycles. The molecule has 1 aliphatic rings. The molecular formula is C49H83N3O17P2. The number of anilines is 1. The van der Waals surface area contributed by atoms with Gasteiger partial charge in [0.25, 0.3) is 0 Å². The van der Waals surface area contributed by atoms with E-state index in [0.29, 0.717) is 12.8 Å². The summed E-state index contributed by atoms with van der Waals surface area (Å²) in [5.41, 5.74) is 4.56. The third-order valence-electron chi connectivity index (χ3n) is 11.6. The Hall–Kier alpha value is -3.36. The van der Waals surface area contributed by atoms with E-state index in [2.05, 4.69) is 36.1 Å². The number of ether oxygens (including phenoxy) is 3. The van der Waals surface area contributed by atoms with E-state index in [1.807, 2.05) is 6.08 Å². The van der Waals surface area contributed by atoms with Crippen molar-refractivity contribution in [2.75, 3.05) is 25.6 Å². The number of phosphoric ester groups is 2. The van der Waals surface area contributed by atoms with Gasteiger partial charge in [0, 0.05) is 19.0 Å². The number of aromatic nitrogens is 2. The number of carbonyl (C=O) groups excluding carboxylic acids is 2. The maximum atomic E-state index is 12.9. The monoisotopic (exact) mass is 1050 g/mol. The Bertz CT molecular complexity index is 1930. The van der Waals surface area contributed by atoms with Crippen molar-refractivity contribution in [1.29, 1.82) is 0 Å². The van der Waals surface area contributed by atoms with Gasteiger partial charge in [-0.2, -0.15) is 9.29 Å². The summed E-state index contributed by atoms with van der Waals surface area (Å²) < 4.78 is 56.5. The van der Waals surface area contributed by atoms with Crippen molar-refractivity contribution in [1.82, 2.24) is 9.55 Å². The van der Waals surface area contributed by atoms with Crippen molar-refractivity contribution in [2.45, 2.75) is 198 Å². The van der Waals surface area contributed by atoms with E-state index in [1.54, 1.807) is 30.4 Å². The van der Waals surface area contributed by atoms with Crippen LogP contribution in [0.4, 0.5) is 5.82 Å². The highest BCUT2D eigenvalue weighted by Gasteiger charge is 2.46. The fourth-order valence-electron chi connectivity index (χ4n) is 7.25. The molecule has 1 aromatic rings. The van der Waals surface area contributed by atoms with Crippen molar-refractivity contribution < 1.29 is 76.5 Å². The molecule has 1 aromatic heterocycles. The van der Waals surface area contributed by atoms with Crippen molar-refractivity contribution >= 4 is 33.4 Å². The number of hydrogen-bond donors (Lipinski definition) is 7. The first-order valence-corrected chi connectivity index (χ1v) is 28.3. The summed E-state index contributed by atoms with van der Waals surface area (Å²) in [7, 11) is -11.0. The molecule has 71 heavy (non-hydrogen) atoms. The Morgan fingerprint density at radius 1 is 0.789 bits per heavy atom. The van der Waals surface area contributed by atoms with Crippen LogP contribution in [0.2, 0.25) is 0 Å². The fraction of sp³-hybridized carbons (Fsp3) is 0.714. The van der Waals surface area contributed by atoms with Crippen molar-refractivity contribution in [2.24, 2.45) is 5.92 Å². The minimum atomic E-state index is -5.49. The molecule has 2 rings (SSSR count). The molecule has 0 spiro atoms. The highest BCUT2D eigenvalue weighted by Crippen LogP contribution is 2.60. The zero-order chi connectivity index (χ0) is 52.5. The standard InChI is InChI=1S/C49H83N3O17P2/c1-4-6-7-8-16-21-27-39(53)28-22-18-19-23-29-40(54)30-25-32-45(56)67-41(35-64-44(55)31-24-17-14-12-10-9-11-13-15-20-26-38(3)5-2)36-65-70(60,61)69-71(62,63)66-37-42-46(57)47(58)48(68-42)52-34-33-43(50)51-49(52)59/h16,18-19,21-23,28-29,33-34,38-42,46-48,53-54,57-58H,4-15,17,20,24-27,30-32,35-37H2,1-3H3,(H,60,61)(H,62,63)(H2,50,51,59)/b19-18+,21-16-,28-22+,29-23-/t38?,39-,40-,41+,42+,46+,47+,48+/m0/s1. The van der Waals surface area contributed by atoms with Crippen molar-refractivity contribution in [3.05, 3.63) is 71.4 Å². The Morgan fingerprint density at radius 3 is 2.06 bits per heavy atom. The summed E-state index contributed by atoms with van der Waals surface area (Å²) in [5, 5.41) is 41.4. The first-order valence-electron chi connectivity index (χ1n) is 25.3. The topological polar surface area (TPSA) is 306 Å². The summed E-state index contributed by atoms with van der Waals surface area (Å²) in [6.45, 7) is 4.16. The van der Waals surface area contributed by atoms with Crippen LogP contribution in [0.1, 0.15) is 162 Å². The predicted molar refractivity (Wildman–Crippen MR) is 268 cm³/mol. The molecule has 1 fully saturated rings. The van der Waals surface area contributed by atoms with Crippen molar-refractivity contribution in [3.63, 3.8) is 0 Å². The number of unbranched alkanes of at least 4 members (excludes halogenated alkanes) is 12. The summed E-state index contributed by atoms with van der Waals surface area (Å²) in [5.74, 6) is -0.763. The van der Waals surface area contributed by atoms with Gasteiger partial charge in [-0.05, 0) is 50.5 Å². The van der Waals surface area contributed by atoms with E-state index >= 15 is 0 Å². The average Bonchev–Trinajstić information content (AvgIpc) is 3.60. The lowest BCUT2D eigenvalue weighted by atomic mass is 9.99. The van der Waals surface area contributed by atoms with Gasteiger partial charge in [-0.1, -0.05) is 153 Å². The molecule has 0 amide bonds. The van der Waals surface area contributed by atoms with E-state index in [4.69, 9.17) is 29.0 Å². The summed E-state index contributed by atoms with van der Waals surface area (Å²) in [6.07, 6.45) is 23.9. The number of aliphatic hydroxyl groups is 4. The highest BCUT2D eigenvalue weighted by atomic mass is 31.3. The zero-order valence-electron chi connectivity index (χ0n) is 41.9. The SMILES string of the molecule is CCCCC/C=C\C[C@H](O)/C=C/C=C/C=C\[C@H](O)CCCC(=O)O[C@H](COC(=O)CCCCCCCCCCCCC(C)CC)COP(=O)(O)OP(=O)(O)OC[C@H]1O[C@@H](n2ccc(N)nc2=O)[C@H](O)[C@@H]1O. The van der Waals surface area contributed by atoms with Crippen LogP contribution in [-0.2, 0) is 46.3 Å². The maximum Gasteiger partial charge on any atom is 0.481 e. The zero-order valence-corrected chi connectivity index (χ0v) is 43.7. The second kappa shape index (κ2) is 36.5.